The van der Waals surface area contributed by atoms with Crippen LogP contribution in [0.15, 0.2) is 24.5 Å². The fraction of sp³-hybridized carbons (Fsp3) is 0.583. The molecule has 0 spiro atoms. The molecule has 2 rings (SSSR count). The molecule has 0 aliphatic heterocycles. The van der Waals surface area contributed by atoms with Crippen molar-refractivity contribution >= 4 is 0 Å². The van der Waals surface area contributed by atoms with E-state index in [4.69, 9.17) is 0 Å². The molecule has 3 nitrogen and oxygen atoms in total. The van der Waals surface area contributed by atoms with Crippen molar-refractivity contribution in [2.24, 2.45) is 5.92 Å². The molecule has 1 aliphatic rings. The van der Waals surface area contributed by atoms with E-state index in [1.807, 2.05) is 12.1 Å². The second-order valence-electron chi connectivity index (χ2n) is 4.32. The third-order valence-electron chi connectivity index (χ3n) is 3.01. The maximum Gasteiger partial charge on any atom is 0.0692 e. The molecule has 0 saturated heterocycles. The Labute approximate surface area is 90.5 Å². The minimum absolute atomic E-state index is 0.172. The van der Waals surface area contributed by atoms with Gasteiger partial charge in [0.25, 0.3) is 0 Å². The van der Waals surface area contributed by atoms with Gasteiger partial charge in [0.1, 0.15) is 0 Å². The molecule has 3 heteroatoms. The van der Waals surface area contributed by atoms with Crippen LogP contribution in [0.5, 0.6) is 0 Å². The smallest absolute Gasteiger partial charge is 0.0692 e. The van der Waals surface area contributed by atoms with Gasteiger partial charge in [0.2, 0.25) is 0 Å². The molecule has 1 heterocycles. The van der Waals surface area contributed by atoms with Gasteiger partial charge < -0.3 is 10.4 Å². The predicted octanol–water partition coefficient (Wildman–Crippen LogP) is 1.50. The van der Waals surface area contributed by atoms with Gasteiger partial charge in [-0.05, 0) is 43.4 Å². The van der Waals surface area contributed by atoms with Crippen molar-refractivity contribution in [2.45, 2.75) is 31.9 Å². The van der Waals surface area contributed by atoms with Crippen molar-refractivity contribution < 1.29 is 5.11 Å². The van der Waals surface area contributed by atoms with E-state index in [-0.39, 0.29) is 12.1 Å². The number of aromatic nitrogens is 1. The molecule has 2 N–H and O–H groups in total. The second kappa shape index (κ2) is 4.73. The quantitative estimate of drug-likeness (QED) is 0.767. The van der Waals surface area contributed by atoms with Crippen molar-refractivity contribution in [3.63, 3.8) is 0 Å². The lowest BCUT2D eigenvalue weighted by Crippen LogP contribution is -2.30. The maximum absolute atomic E-state index is 9.71. The predicted molar refractivity (Wildman–Crippen MR) is 59.4 cm³/mol. The average molecular weight is 206 g/mol. The molecule has 82 valence electrons. The average Bonchev–Trinajstić information content (AvgIpc) is 3.10. The normalized spacial score (nSPS) is 19.9. The van der Waals surface area contributed by atoms with Crippen LogP contribution in [0.1, 0.15) is 31.4 Å². The number of nitrogens with zero attached hydrogens (tertiary/aromatic N) is 1. The van der Waals surface area contributed by atoms with Crippen molar-refractivity contribution in [1.29, 1.82) is 0 Å². The van der Waals surface area contributed by atoms with Crippen LogP contribution in [0.3, 0.4) is 0 Å². The van der Waals surface area contributed by atoms with E-state index < -0.39 is 0 Å². The topological polar surface area (TPSA) is 45.1 Å². The Bertz CT molecular complexity index is 298. The Morgan fingerprint density at radius 2 is 2.13 bits per heavy atom. The molecule has 2 unspecified atom stereocenters. The van der Waals surface area contributed by atoms with E-state index in [9.17, 15) is 5.11 Å². The molecular formula is C12H18N2O. The fourth-order valence-corrected chi connectivity index (χ4v) is 1.72. The first-order valence-electron chi connectivity index (χ1n) is 5.58. The van der Waals surface area contributed by atoms with E-state index in [1.165, 1.54) is 18.4 Å². The highest BCUT2D eigenvalue weighted by Gasteiger charge is 2.29. The van der Waals surface area contributed by atoms with E-state index in [0.717, 1.165) is 0 Å². The Kier molecular flexibility index (Phi) is 3.34. The summed E-state index contributed by atoms with van der Waals surface area (Å²) in [6, 6.07) is 4.28. The molecule has 0 bridgehead atoms. The summed E-state index contributed by atoms with van der Waals surface area (Å²) in [7, 11) is 0. The Morgan fingerprint density at radius 3 is 2.73 bits per heavy atom. The summed E-state index contributed by atoms with van der Waals surface area (Å²) in [5.74, 6) is 0.544. The Balaban J connectivity index is 1.79. The summed E-state index contributed by atoms with van der Waals surface area (Å²) in [5.41, 5.74) is 1.22. The van der Waals surface area contributed by atoms with Crippen molar-refractivity contribution in [3.8, 4) is 0 Å². The van der Waals surface area contributed by atoms with Gasteiger partial charge in [-0.1, -0.05) is 0 Å². The minimum Gasteiger partial charge on any atom is -0.392 e. The summed E-state index contributed by atoms with van der Waals surface area (Å²) >= 11 is 0. The van der Waals surface area contributed by atoms with Crippen LogP contribution in [0.25, 0.3) is 0 Å². The second-order valence-corrected chi connectivity index (χ2v) is 4.32. The SMILES string of the molecule is CC(NCC(O)C1CC1)c1ccncc1. The van der Waals surface area contributed by atoms with Gasteiger partial charge in [0.05, 0.1) is 6.10 Å². The Morgan fingerprint density at radius 1 is 1.47 bits per heavy atom. The molecule has 0 amide bonds. The zero-order chi connectivity index (χ0) is 10.7. The highest BCUT2D eigenvalue weighted by molar-refractivity contribution is 5.13. The molecule has 1 fully saturated rings. The third-order valence-corrected chi connectivity index (χ3v) is 3.01. The molecule has 1 aliphatic carbocycles. The van der Waals surface area contributed by atoms with Gasteiger partial charge in [-0.15, -0.1) is 0 Å². The lowest BCUT2D eigenvalue weighted by atomic mass is 10.1. The van der Waals surface area contributed by atoms with Crippen LogP contribution >= 0.6 is 0 Å². The van der Waals surface area contributed by atoms with Crippen molar-refractivity contribution in [1.82, 2.24) is 10.3 Å². The van der Waals surface area contributed by atoms with Gasteiger partial charge in [0.15, 0.2) is 0 Å². The highest BCUT2D eigenvalue weighted by Crippen LogP contribution is 2.32. The van der Waals surface area contributed by atoms with Crippen molar-refractivity contribution in [2.75, 3.05) is 6.54 Å². The third kappa shape index (κ3) is 3.01. The number of aliphatic hydroxyl groups excluding tert-OH is 1. The van der Waals surface area contributed by atoms with Crippen LogP contribution in [0, 0.1) is 5.92 Å². The summed E-state index contributed by atoms with van der Waals surface area (Å²) in [6.45, 7) is 2.79. The molecule has 15 heavy (non-hydrogen) atoms. The first kappa shape index (κ1) is 10.6. The van der Waals surface area contributed by atoms with Gasteiger partial charge in [-0.3, -0.25) is 4.98 Å². The lowest BCUT2D eigenvalue weighted by Gasteiger charge is -2.16. The number of nitrogens with one attached hydrogen (secondary N) is 1. The molecule has 0 radical (unpaired) electrons. The van der Waals surface area contributed by atoms with Crippen LogP contribution in [0.2, 0.25) is 0 Å². The maximum atomic E-state index is 9.71. The molecule has 1 saturated carbocycles. The minimum atomic E-state index is -0.172. The van der Waals surface area contributed by atoms with Gasteiger partial charge in [-0.2, -0.15) is 0 Å². The summed E-state index contributed by atoms with van der Waals surface area (Å²) in [5, 5.41) is 13.1. The van der Waals surface area contributed by atoms with E-state index in [0.29, 0.717) is 12.5 Å². The summed E-state index contributed by atoms with van der Waals surface area (Å²) in [6.07, 6.45) is 5.79. The van der Waals surface area contributed by atoms with Crippen LogP contribution < -0.4 is 5.32 Å². The number of hydrogen-bond donors (Lipinski definition) is 2. The first-order valence-corrected chi connectivity index (χ1v) is 5.58. The van der Waals surface area contributed by atoms with Crippen LogP contribution in [-0.4, -0.2) is 22.7 Å². The van der Waals surface area contributed by atoms with Crippen LogP contribution in [0.4, 0.5) is 0 Å². The van der Waals surface area contributed by atoms with E-state index in [2.05, 4.69) is 17.2 Å². The monoisotopic (exact) mass is 206 g/mol. The van der Waals surface area contributed by atoms with Gasteiger partial charge in [0, 0.05) is 25.0 Å². The van der Waals surface area contributed by atoms with Gasteiger partial charge in [-0.25, -0.2) is 0 Å². The molecule has 1 aromatic rings. The molecule has 1 aromatic heterocycles. The van der Waals surface area contributed by atoms with E-state index >= 15 is 0 Å². The highest BCUT2D eigenvalue weighted by atomic mass is 16.3. The number of hydrogen-bond acceptors (Lipinski definition) is 3. The summed E-state index contributed by atoms with van der Waals surface area (Å²) in [4.78, 5) is 3.98. The molecule has 2 atom stereocenters. The molecule has 0 aromatic carbocycles. The largest absolute Gasteiger partial charge is 0.392 e. The lowest BCUT2D eigenvalue weighted by molar-refractivity contribution is 0.145. The number of aliphatic hydroxyl groups is 1. The van der Waals surface area contributed by atoms with E-state index in [1.54, 1.807) is 12.4 Å². The first-order chi connectivity index (χ1) is 7.27. The van der Waals surface area contributed by atoms with Gasteiger partial charge >= 0.3 is 0 Å². The Hall–Kier alpha value is -0.930. The zero-order valence-corrected chi connectivity index (χ0v) is 9.06. The summed E-state index contributed by atoms with van der Waals surface area (Å²) < 4.78 is 0. The standard InChI is InChI=1S/C12H18N2O/c1-9(10-4-6-13-7-5-10)14-8-12(15)11-2-3-11/h4-7,9,11-12,14-15H,2-3,8H2,1H3. The molecular weight excluding hydrogens is 188 g/mol. The fourth-order valence-electron chi connectivity index (χ4n) is 1.72. The zero-order valence-electron chi connectivity index (χ0n) is 9.06. The van der Waals surface area contributed by atoms with Crippen molar-refractivity contribution in [3.05, 3.63) is 30.1 Å². The number of pyridine rings is 1. The number of rotatable bonds is 5. The van der Waals surface area contributed by atoms with Crippen LogP contribution in [-0.2, 0) is 0 Å².